The van der Waals surface area contributed by atoms with Gasteiger partial charge in [0.2, 0.25) is 0 Å². The molecule has 1 aliphatic carbocycles. The molecule has 5 rings (SSSR count). The third-order valence-electron chi connectivity index (χ3n) is 7.67. The summed E-state index contributed by atoms with van der Waals surface area (Å²) in [6, 6.07) is 21.7. The predicted octanol–water partition coefficient (Wildman–Crippen LogP) is 6.40. The highest BCUT2D eigenvalue weighted by molar-refractivity contribution is 7.92. The Labute approximate surface area is 242 Å². The molecule has 0 saturated heterocycles. The van der Waals surface area contributed by atoms with Crippen LogP contribution in [-0.2, 0) is 54.5 Å². The Balaban J connectivity index is 1.75. The molecular formula is C29H29F3N3O5PS. The number of benzene rings is 3. The van der Waals surface area contributed by atoms with Crippen molar-refractivity contribution in [2.75, 3.05) is 6.26 Å². The average Bonchev–Trinajstić information content (AvgIpc) is 3.65. The average molecular weight is 620 g/mol. The lowest BCUT2D eigenvalue weighted by molar-refractivity contribution is -0.137. The van der Waals surface area contributed by atoms with E-state index in [1.165, 1.54) is 17.3 Å². The Morgan fingerprint density at radius 1 is 0.857 bits per heavy atom. The van der Waals surface area contributed by atoms with Gasteiger partial charge in [0.1, 0.15) is 17.8 Å². The SMILES string of the molecule is CS(=O)(=O)C1(C(Cn2cncn2)(c2ccc(C(F)(F)F)cc2)P(=O)(OCc2ccccc2)OCc2ccccc2)CC1. The number of rotatable bonds is 12. The van der Waals surface area contributed by atoms with Crippen LogP contribution in [-0.4, -0.2) is 34.2 Å². The zero-order valence-corrected chi connectivity index (χ0v) is 24.4. The van der Waals surface area contributed by atoms with Crippen LogP contribution in [0.1, 0.15) is 35.1 Å². The highest BCUT2D eigenvalue weighted by Gasteiger charge is 2.75. The monoisotopic (exact) mass is 619 g/mol. The molecule has 0 bridgehead atoms. The molecule has 1 fully saturated rings. The van der Waals surface area contributed by atoms with Gasteiger partial charge in [-0.1, -0.05) is 72.8 Å². The summed E-state index contributed by atoms with van der Waals surface area (Å²) in [5.74, 6) is 0. The molecule has 8 nitrogen and oxygen atoms in total. The van der Waals surface area contributed by atoms with Crippen molar-refractivity contribution >= 4 is 17.4 Å². The van der Waals surface area contributed by atoms with E-state index in [9.17, 15) is 21.6 Å². The van der Waals surface area contributed by atoms with E-state index in [0.29, 0.717) is 11.1 Å². The molecule has 1 unspecified atom stereocenters. The van der Waals surface area contributed by atoms with Crippen molar-refractivity contribution in [3.8, 4) is 0 Å². The fourth-order valence-corrected chi connectivity index (χ4v) is 10.5. The number of halogens is 3. The van der Waals surface area contributed by atoms with Crippen molar-refractivity contribution < 1.29 is 35.2 Å². The standard InChI is InChI=1S/C29H29F3N3O5PS/c1-42(37,38)27(16-17-27)28(20-35-22-33-21-34-35,25-12-14-26(15-13-25)29(30,31)32)41(36,39-18-23-8-4-2-5-9-23)40-19-24-10-6-3-7-11-24/h2-15,21-22H,16-20H2,1H3. The van der Waals surface area contributed by atoms with Crippen molar-refractivity contribution in [1.82, 2.24) is 14.8 Å². The third-order valence-corrected chi connectivity index (χ3v) is 12.7. The minimum atomic E-state index is -4.64. The second-order valence-corrected chi connectivity index (χ2v) is 14.9. The van der Waals surface area contributed by atoms with E-state index in [0.717, 1.165) is 30.5 Å². The summed E-state index contributed by atoms with van der Waals surface area (Å²) < 4.78 is 95.6. The number of sulfone groups is 1. The maximum atomic E-state index is 15.5. The van der Waals surface area contributed by atoms with E-state index in [4.69, 9.17) is 9.05 Å². The Bertz CT molecular complexity index is 1600. The number of aromatic nitrogens is 3. The van der Waals surface area contributed by atoms with Gasteiger partial charge >= 0.3 is 13.8 Å². The van der Waals surface area contributed by atoms with Crippen LogP contribution in [0, 0.1) is 0 Å². The van der Waals surface area contributed by atoms with E-state index >= 15 is 4.57 Å². The first-order chi connectivity index (χ1) is 19.9. The van der Waals surface area contributed by atoms with Gasteiger partial charge in [-0.2, -0.15) is 18.3 Å². The molecule has 1 atom stereocenters. The van der Waals surface area contributed by atoms with Crippen molar-refractivity contribution in [3.05, 3.63) is 120 Å². The zero-order valence-electron chi connectivity index (χ0n) is 22.6. The zero-order chi connectivity index (χ0) is 30.1. The van der Waals surface area contributed by atoms with Crippen LogP contribution in [0.25, 0.3) is 0 Å². The molecule has 0 amide bonds. The quantitative estimate of drug-likeness (QED) is 0.169. The summed E-state index contributed by atoms with van der Waals surface area (Å²) in [5, 5.41) is 2.16. The second-order valence-electron chi connectivity index (χ2n) is 10.3. The van der Waals surface area contributed by atoms with E-state index in [1.807, 2.05) is 0 Å². The number of hydrogen-bond acceptors (Lipinski definition) is 7. The largest absolute Gasteiger partial charge is 0.416 e. The fourth-order valence-electron chi connectivity index (χ4n) is 5.41. The maximum Gasteiger partial charge on any atom is 0.416 e. The van der Waals surface area contributed by atoms with Gasteiger partial charge < -0.3 is 9.05 Å². The van der Waals surface area contributed by atoms with Gasteiger partial charge in [-0.05, 0) is 41.7 Å². The minimum absolute atomic E-state index is 0.0679. The van der Waals surface area contributed by atoms with Crippen molar-refractivity contribution in [3.63, 3.8) is 0 Å². The van der Waals surface area contributed by atoms with Crippen molar-refractivity contribution in [2.24, 2.45) is 0 Å². The number of hydrogen-bond donors (Lipinski definition) is 0. The third kappa shape index (κ3) is 5.68. The van der Waals surface area contributed by atoms with E-state index in [2.05, 4.69) is 10.1 Å². The molecule has 0 aliphatic heterocycles. The molecule has 1 heterocycles. The molecule has 42 heavy (non-hydrogen) atoms. The molecule has 0 radical (unpaired) electrons. The Hall–Kier alpha value is -3.31. The molecule has 1 aliphatic rings. The Morgan fingerprint density at radius 3 is 1.76 bits per heavy atom. The van der Waals surface area contributed by atoms with Crippen molar-refractivity contribution in [2.45, 2.75) is 48.7 Å². The van der Waals surface area contributed by atoms with E-state index in [-0.39, 0.29) is 38.2 Å². The van der Waals surface area contributed by atoms with Crippen LogP contribution in [0.4, 0.5) is 13.2 Å². The molecule has 4 aromatic rings. The van der Waals surface area contributed by atoms with Gasteiger partial charge in [-0.25, -0.2) is 13.4 Å². The van der Waals surface area contributed by atoms with E-state index in [1.54, 1.807) is 60.7 Å². The summed E-state index contributed by atoms with van der Waals surface area (Å²) in [6.45, 7) is -0.745. The number of nitrogens with zero attached hydrogens (tertiary/aromatic N) is 3. The van der Waals surface area contributed by atoms with Crippen LogP contribution in [0.2, 0.25) is 0 Å². The lowest BCUT2D eigenvalue weighted by Gasteiger charge is -2.44. The summed E-state index contributed by atoms with van der Waals surface area (Å²) in [5.41, 5.74) is 0.424. The van der Waals surface area contributed by atoms with Gasteiger partial charge in [0, 0.05) is 6.26 Å². The molecule has 0 spiro atoms. The predicted molar refractivity (Wildman–Crippen MR) is 150 cm³/mol. The first-order valence-corrected chi connectivity index (χ1v) is 16.5. The minimum Gasteiger partial charge on any atom is -0.303 e. The summed E-state index contributed by atoms with van der Waals surface area (Å²) in [4.78, 5) is 3.96. The molecule has 1 aromatic heterocycles. The van der Waals surface area contributed by atoms with Gasteiger partial charge in [0.25, 0.3) is 0 Å². The molecule has 3 aromatic carbocycles. The first-order valence-electron chi connectivity index (χ1n) is 13.1. The number of alkyl halides is 3. The van der Waals surface area contributed by atoms with Crippen LogP contribution in [0.15, 0.2) is 97.6 Å². The molecule has 0 N–H and O–H groups in total. The highest BCUT2D eigenvalue weighted by atomic mass is 32.2. The molecule has 1 saturated carbocycles. The van der Waals surface area contributed by atoms with Crippen molar-refractivity contribution in [1.29, 1.82) is 0 Å². The van der Waals surface area contributed by atoms with Crippen LogP contribution in [0.3, 0.4) is 0 Å². The van der Waals surface area contributed by atoms with Crippen LogP contribution < -0.4 is 0 Å². The molecule has 222 valence electrons. The summed E-state index contributed by atoms with van der Waals surface area (Å²) in [6.07, 6.45) is -0.852. The van der Waals surface area contributed by atoms with E-state index < -0.39 is 39.1 Å². The van der Waals surface area contributed by atoms with Crippen LogP contribution in [0.5, 0.6) is 0 Å². The first kappa shape index (κ1) is 30.2. The van der Waals surface area contributed by atoms with Gasteiger partial charge in [0.15, 0.2) is 9.84 Å². The lowest BCUT2D eigenvalue weighted by atomic mass is 9.91. The van der Waals surface area contributed by atoms with Gasteiger partial charge in [-0.3, -0.25) is 9.25 Å². The lowest BCUT2D eigenvalue weighted by Crippen LogP contribution is -2.50. The van der Waals surface area contributed by atoms with Gasteiger partial charge in [0.05, 0.1) is 30.1 Å². The smallest absolute Gasteiger partial charge is 0.303 e. The maximum absolute atomic E-state index is 15.5. The fraction of sp³-hybridized carbons (Fsp3) is 0.310. The normalized spacial score (nSPS) is 16.6. The molecule has 13 heteroatoms. The summed E-state index contributed by atoms with van der Waals surface area (Å²) >= 11 is 0. The second kappa shape index (κ2) is 11.4. The topological polar surface area (TPSA) is 100 Å². The van der Waals surface area contributed by atoms with Gasteiger partial charge in [-0.15, -0.1) is 0 Å². The van der Waals surface area contributed by atoms with Crippen LogP contribution >= 0.6 is 7.60 Å². The summed E-state index contributed by atoms with van der Waals surface area (Å²) in [7, 11) is -8.62. The molecular weight excluding hydrogens is 590 g/mol. The Kier molecular flexibility index (Phi) is 8.19. The highest BCUT2D eigenvalue weighted by Crippen LogP contribution is 2.77. The Morgan fingerprint density at radius 2 is 1.36 bits per heavy atom.